The van der Waals surface area contributed by atoms with Crippen LogP contribution in [-0.2, 0) is 9.26 Å². The molecule has 0 bridgehead atoms. The quantitative estimate of drug-likeness (QED) is 0.605. The number of rotatable bonds is 2. The van der Waals surface area contributed by atoms with E-state index in [9.17, 15) is 0 Å². The lowest BCUT2D eigenvalue weighted by atomic mass is 10.5. The first-order chi connectivity index (χ1) is 4.84. The molecule has 1 rings (SSSR count). The molecule has 1 fully saturated rings. The van der Waals surface area contributed by atoms with Crippen molar-refractivity contribution < 1.29 is 9.26 Å². The van der Waals surface area contributed by atoms with Gasteiger partial charge in [0.2, 0.25) is 7.65 Å². The van der Waals surface area contributed by atoms with Crippen LogP contribution in [0.25, 0.3) is 0 Å². The summed E-state index contributed by atoms with van der Waals surface area (Å²) >= 11 is 5.86. The zero-order chi connectivity index (χ0) is 7.40. The maximum absolute atomic E-state index is 5.86. The minimum Gasteiger partial charge on any atom is -0.379 e. The number of ether oxygens (including phenoxy) is 1. The molecule has 0 amide bonds. The molecule has 5 heteroatoms. The highest BCUT2D eigenvalue weighted by Gasteiger charge is 2.18. The predicted molar refractivity (Wildman–Crippen MR) is 42.2 cm³/mol. The van der Waals surface area contributed by atoms with E-state index in [4.69, 9.17) is 20.5 Å². The minimum absolute atomic E-state index is 0.773. The van der Waals surface area contributed by atoms with Gasteiger partial charge < -0.3 is 9.26 Å². The van der Waals surface area contributed by atoms with Crippen molar-refractivity contribution in [3.05, 3.63) is 0 Å². The maximum atomic E-state index is 5.86. The fourth-order valence-corrected chi connectivity index (χ4v) is 1.99. The molecule has 0 aliphatic carbocycles. The van der Waals surface area contributed by atoms with Crippen molar-refractivity contribution in [3.8, 4) is 0 Å². The van der Waals surface area contributed by atoms with E-state index in [1.165, 1.54) is 0 Å². The Balaban J connectivity index is 2.24. The van der Waals surface area contributed by atoms with Crippen LogP contribution in [0, 0.1) is 0 Å². The lowest BCUT2D eigenvalue weighted by Gasteiger charge is -2.28. The van der Waals surface area contributed by atoms with Crippen LogP contribution in [0.2, 0.25) is 0 Å². The molecule has 3 nitrogen and oxygen atoms in total. The van der Waals surface area contributed by atoms with Crippen molar-refractivity contribution in [1.29, 1.82) is 0 Å². The summed E-state index contributed by atoms with van der Waals surface area (Å²) in [6.45, 7) is 3.33. The lowest BCUT2D eigenvalue weighted by Crippen LogP contribution is -2.31. The molecule has 10 heavy (non-hydrogen) atoms. The Bertz CT molecular complexity index is 99.6. The molecule has 0 aromatic heterocycles. The van der Waals surface area contributed by atoms with E-state index in [0.717, 1.165) is 26.3 Å². The van der Waals surface area contributed by atoms with E-state index in [-0.39, 0.29) is 0 Å². The lowest BCUT2D eigenvalue weighted by molar-refractivity contribution is 0.0719. The molecule has 0 aromatic rings. The van der Waals surface area contributed by atoms with Gasteiger partial charge in [-0.1, -0.05) is 0 Å². The highest BCUT2D eigenvalue weighted by atomic mass is 35.7. The van der Waals surface area contributed by atoms with Crippen LogP contribution in [0.1, 0.15) is 0 Å². The Morgan fingerprint density at radius 1 is 1.50 bits per heavy atom. The van der Waals surface area contributed by atoms with Gasteiger partial charge in [-0.25, -0.2) is 4.67 Å². The van der Waals surface area contributed by atoms with E-state index >= 15 is 0 Å². The van der Waals surface area contributed by atoms with Crippen molar-refractivity contribution in [2.75, 3.05) is 33.4 Å². The Hall–Kier alpha value is 0.600. The first kappa shape index (κ1) is 8.69. The zero-order valence-electron chi connectivity index (χ0n) is 5.92. The first-order valence-corrected chi connectivity index (χ1v) is 5.29. The van der Waals surface area contributed by atoms with E-state index in [1.807, 2.05) is 0 Å². The number of morpholine rings is 1. The molecular formula is C5H11ClNO2P. The van der Waals surface area contributed by atoms with Gasteiger partial charge in [-0.3, -0.25) is 0 Å². The Morgan fingerprint density at radius 2 is 2.10 bits per heavy atom. The zero-order valence-corrected chi connectivity index (χ0v) is 7.57. The van der Waals surface area contributed by atoms with Gasteiger partial charge in [0.1, 0.15) is 0 Å². The van der Waals surface area contributed by atoms with Crippen LogP contribution in [0.5, 0.6) is 0 Å². The second-order valence-corrected chi connectivity index (χ2v) is 4.23. The monoisotopic (exact) mass is 183 g/mol. The summed E-state index contributed by atoms with van der Waals surface area (Å²) in [6.07, 6.45) is 0. The molecule has 0 radical (unpaired) electrons. The SMILES string of the molecule is COP(Cl)N1CCOCC1. The van der Waals surface area contributed by atoms with Gasteiger partial charge in [0, 0.05) is 20.2 Å². The number of hydrogen-bond acceptors (Lipinski definition) is 3. The highest BCUT2D eigenvalue weighted by Crippen LogP contribution is 2.45. The fourth-order valence-electron chi connectivity index (χ4n) is 0.826. The maximum Gasteiger partial charge on any atom is 0.206 e. The third kappa shape index (κ3) is 2.33. The molecule has 0 spiro atoms. The second kappa shape index (κ2) is 4.47. The molecule has 0 aromatic carbocycles. The van der Waals surface area contributed by atoms with Gasteiger partial charge >= 0.3 is 0 Å². The summed E-state index contributed by atoms with van der Waals surface area (Å²) in [5, 5.41) is 0. The molecular weight excluding hydrogens is 172 g/mol. The van der Waals surface area contributed by atoms with Gasteiger partial charge in [-0.05, 0) is 11.2 Å². The van der Waals surface area contributed by atoms with Gasteiger partial charge in [0.25, 0.3) is 0 Å². The summed E-state index contributed by atoms with van der Waals surface area (Å²) in [5.74, 6) is 0. The van der Waals surface area contributed by atoms with Crippen LogP contribution >= 0.6 is 18.9 Å². The number of halogens is 1. The van der Waals surface area contributed by atoms with Crippen LogP contribution in [-0.4, -0.2) is 38.1 Å². The van der Waals surface area contributed by atoms with Crippen LogP contribution in [0.4, 0.5) is 0 Å². The summed E-state index contributed by atoms with van der Waals surface area (Å²) in [4.78, 5) is 0. The van der Waals surface area contributed by atoms with E-state index in [2.05, 4.69) is 4.67 Å². The molecule has 1 aliphatic heterocycles. The molecule has 1 atom stereocenters. The molecule has 1 aliphatic rings. The highest BCUT2D eigenvalue weighted by molar-refractivity contribution is 7.78. The van der Waals surface area contributed by atoms with Crippen molar-refractivity contribution in [3.63, 3.8) is 0 Å². The van der Waals surface area contributed by atoms with Crippen LogP contribution < -0.4 is 0 Å². The Morgan fingerprint density at radius 3 is 2.60 bits per heavy atom. The Labute approximate surface area is 66.9 Å². The van der Waals surface area contributed by atoms with Gasteiger partial charge in [0.05, 0.1) is 13.2 Å². The minimum atomic E-state index is -0.871. The smallest absolute Gasteiger partial charge is 0.206 e. The standard InChI is InChI=1S/C5H11ClNO2P/c1-8-10(6)7-2-4-9-5-3-7/h2-5H2,1H3. The largest absolute Gasteiger partial charge is 0.379 e. The van der Waals surface area contributed by atoms with Gasteiger partial charge in [-0.15, -0.1) is 0 Å². The molecule has 0 N–H and O–H groups in total. The average Bonchev–Trinajstić information content (AvgIpc) is 2.05. The second-order valence-electron chi connectivity index (χ2n) is 1.97. The van der Waals surface area contributed by atoms with Crippen molar-refractivity contribution >= 4 is 18.9 Å². The molecule has 1 heterocycles. The predicted octanol–water partition coefficient (Wildman–Crippen LogP) is 1.43. The van der Waals surface area contributed by atoms with Gasteiger partial charge in [0.15, 0.2) is 0 Å². The summed E-state index contributed by atoms with van der Waals surface area (Å²) in [5.41, 5.74) is 0. The van der Waals surface area contributed by atoms with E-state index < -0.39 is 7.65 Å². The van der Waals surface area contributed by atoms with E-state index in [0.29, 0.717) is 0 Å². The Kier molecular flexibility index (Phi) is 3.89. The van der Waals surface area contributed by atoms with Gasteiger partial charge in [-0.2, -0.15) is 0 Å². The van der Waals surface area contributed by atoms with Crippen molar-refractivity contribution in [2.45, 2.75) is 0 Å². The third-order valence-corrected chi connectivity index (χ3v) is 3.56. The third-order valence-electron chi connectivity index (χ3n) is 1.36. The van der Waals surface area contributed by atoms with Crippen molar-refractivity contribution in [1.82, 2.24) is 4.67 Å². The first-order valence-electron chi connectivity index (χ1n) is 3.17. The van der Waals surface area contributed by atoms with E-state index in [1.54, 1.807) is 7.11 Å². The summed E-state index contributed by atoms with van der Waals surface area (Å²) in [6, 6.07) is 0. The van der Waals surface area contributed by atoms with Crippen LogP contribution in [0.3, 0.4) is 0 Å². The topological polar surface area (TPSA) is 21.7 Å². The van der Waals surface area contributed by atoms with Crippen molar-refractivity contribution in [2.24, 2.45) is 0 Å². The average molecular weight is 184 g/mol. The molecule has 1 saturated heterocycles. The van der Waals surface area contributed by atoms with Crippen LogP contribution in [0.15, 0.2) is 0 Å². The number of hydrogen-bond donors (Lipinski definition) is 0. The summed E-state index contributed by atoms with van der Waals surface area (Å²) in [7, 11) is 0.762. The fraction of sp³-hybridized carbons (Fsp3) is 1.00. The summed E-state index contributed by atoms with van der Waals surface area (Å²) < 4.78 is 12.2. The molecule has 0 saturated carbocycles. The number of nitrogens with zero attached hydrogens (tertiary/aromatic N) is 1. The molecule has 60 valence electrons. The normalized spacial score (nSPS) is 24.6. The molecule has 1 unspecified atom stereocenters.